The van der Waals surface area contributed by atoms with E-state index in [1.165, 1.54) is 18.4 Å². The summed E-state index contributed by atoms with van der Waals surface area (Å²) < 4.78 is 5.82. The van der Waals surface area contributed by atoms with E-state index < -0.39 is 0 Å². The highest BCUT2D eigenvalue weighted by atomic mass is 16.5. The highest BCUT2D eigenvalue weighted by Gasteiger charge is 2.34. The van der Waals surface area contributed by atoms with E-state index in [4.69, 9.17) is 4.74 Å². The molecule has 0 heterocycles. The molecule has 0 aliphatic heterocycles. The van der Waals surface area contributed by atoms with Crippen molar-refractivity contribution in [2.75, 3.05) is 6.61 Å². The molecule has 0 bridgehead atoms. The van der Waals surface area contributed by atoms with E-state index in [0.29, 0.717) is 12.6 Å². The SMILES string of the molecule is CCc1cccc(OCCCC(C#N)(CC)NC2CC2)c1. The summed E-state index contributed by atoms with van der Waals surface area (Å²) in [6, 6.07) is 11.3. The van der Waals surface area contributed by atoms with Crippen LogP contribution in [-0.2, 0) is 6.42 Å². The summed E-state index contributed by atoms with van der Waals surface area (Å²) in [7, 11) is 0. The molecule has 114 valence electrons. The monoisotopic (exact) mass is 286 g/mol. The van der Waals surface area contributed by atoms with Gasteiger partial charge in [-0.05, 0) is 56.2 Å². The van der Waals surface area contributed by atoms with Gasteiger partial charge in [0.1, 0.15) is 11.3 Å². The molecular formula is C18H26N2O. The zero-order valence-electron chi connectivity index (χ0n) is 13.2. The number of nitrogens with zero attached hydrogens (tertiary/aromatic N) is 1. The van der Waals surface area contributed by atoms with Gasteiger partial charge in [-0.15, -0.1) is 0 Å². The van der Waals surface area contributed by atoms with Gasteiger partial charge in [0.05, 0.1) is 12.7 Å². The van der Waals surface area contributed by atoms with Gasteiger partial charge in [0.2, 0.25) is 0 Å². The Kier molecular flexibility index (Phi) is 5.64. The van der Waals surface area contributed by atoms with Crippen molar-refractivity contribution < 1.29 is 4.74 Å². The Morgan fingerprint density at radius 2 is 2.19 bits per heavy atom. The third-order valence-electron chi connectivity index (χ3n) is 4.20. The molecule has 3 nitrogen and oxygen atoms in total. The minimum Gasteiger partial charge on any atom is -0.494 e. The van der Waals surface area contributed by atoms with Crippen LogP contribution in [-0.4, -0.2) is 18.2 Å². The molecule has 1 fully saturated rings. The number of hydrogen-bond donors (Lipinski definition) is 1. The first kappa shape index (κ1) is 15.9. The molecule has 3 heteroatoms. The molecule has 2 rings (SSSR count). The molecule has 0 radical (unpaired) electrons. The van der Waals surface area contributed by atoms with Gasteiger partial charge in [0.15, 0.2) is 0 Å². The molecule has 1 atom stereocenters. The third-order valence-corrected chi connectivity index (χ3v) is 4.20. The lowest BCUT2D eigenvalue weighted by molar-refractivity contribution is 0.275. The Morgan fingerprint density at radius 1 is 1.38 bits per heavy atom. The Hall–Kier alpha value is -1.53. The van der Waals surface area contributed by atoms with Crippen LogP contribution in [0.1, 0.15) is 51.5 Å². The molecule has 1 aliphatic rings. The van der Waals surface area contributed by atoms with Gasteiger partial charge in [-0.25, -0.2) is 0 Å². The second-order valence-electron chi connectivity index (χ2n) is 5.92. The van der Waals surface area contributed by atoms with Crippen LogP contribution >= 0.6 is 0 Å². The normalized spacial score (nSPS) is 17.0. The molecule has 0 spiro atoms. The topological polar surface area (TPSA) is 45.0 Å². The van der Waals surface area contributed by atoms with Crippen molar-refractivity contribution in [3.63, 3.8) is 0 Å². The molecule has 1 aromatic carbocycles. The Balaban J connectivity index is 1.78. The number of hydrogen-bond acceptors (Lipinski definition) is 3. The van der Waals surface area contributed by atoms with Crippen molar-refractivity contribution in [3.05, 3.63) is 29.8 Å². The molecule has 0 saturated heterocycles. The van der Waals surface area contributed by atoms with E-state index in [1.54, 1.807) is 0 Å². The van der Waals surface area contributed by atoms with Crippen LogP contribution in [0.5, 0.6) is 5.75 Å². The number of nitrogens with one attached hydrogen (secondary N) is 1. The van der Waals surface area contributed by atoms with Crippen molar-refractivity contribution in [1.29, 1.82) is 5.26 Å². The lowest BCUT2D eigenvalue weighted by Crippen LogP contribution is -2.44. The quantitative estimate of drug-likeness (QED) is 0.702. The maximum absolute atomic E-state index is 9.48. The minimum absolute atomic E-state index is 0.365. The van der Waals surface area contributed by atoms with Gasteiger partial charge < -0.3 is 4.74 Å². The molecular weight excluding hydrogens is 260 g/mol. The zero-order chi connectivity index (χ0) is 15.1. The summed E-state index contributed by atoms with van der Waals surface area (Å²) in [5.41, 5.74) is 0.929. The number of rotatable bonds is 9. The molecule has 1 unspecified atom stereocenters. The van der Waals surface area contributed by atoms with Gasteiger partial charge in [0, 0.05) is 6.04 Å². The van der Waals surface area contributed by atoms with Crippen molar-refractivity contribution in [3.8, 4) is 11.8 Å². The first-order chi connectivity index (χ1) is 10.2. The van der Waals surface area contributed by atoms with Crippen LogP contribution in [0.25, 0.3) is 0 Å². The van der Waals surface area contributed by atoms with Crippen molar-refractivity contribution in [2.24, 2.45) is 0 Å². The van der Waals surface area contributed by atoms with E-state index in [9.17, 15) is 5.26 Å². The average molecular weight is 286 g/mol. The van der Waals surface area contributed by atoms with Gasteiger partial charge in [-0.3, -0.25) is 5.32 Å². The van der Waals surface area contributed by atoms with Crippen LogP contribution in [0.15, 0.2) is 24.3 Å². The number of aryl methyl sites for hydroxylation is 1. The lowest BCUT2D eigenvalue weighted by Gasteiger charge is -2.26. The number of nitriles is 1. The average Bonchev–Trinajstić information content (AvgIpc) is 3.34. The smallest absolute Gasteiger partial charge is 0.119 e. The first-order valence-electron chi connectivity index (χ1n) is 8.12. The summed E-state index contributed by atoms with van der Waals surface area (Å²) >= 11 is 0. The molecule has 1 N–H and O–H groups in total. The van der Waals surface area contributed by atoms with Gasteiger partial charge >= 0.3 is 0 Å². The summed E-state index contributed by atoms with van der Waals surface area (Å²) in [5.74, 6) is 0.934. The van der Waals surface area contributed by atoms with Crippen molar-refractivity contribution in [2.45, 2.75) is 64.0 Å². The van der Waals surface area contributed by atoms with Crippen LogP contribution in [0.3, 0.4) is 0 Å². The summed E-state index contributed by atoms with van der Waals surface area (Å²) in [6.45, 7) is 4.90. The molecule has 21 heavy (non-hydrogen) atoms. The Morgan fingerprint density at radius 3 is 2.81 bits per heavy atom. The van der Waals surface area contributed by atoms with E-state index >= 15 is 0 Å². The van der Waals surface area contributed by atoms with E-state index in [-0.39, 0.29) is 5.54 Å². The van der Waals surface area contributed by atoms with Crippen molar-refractivity contribution >= 4 is 0 Å². The second kappa shape index (κ2) is 7.47. The van der Waals surface area contributed by atoms with E-state index in [2.05, 4.69) is 37.4 Å². The van der Waals surface area contributed by atoms with Crippen molar-refractivity contribution in [1.82, 2.24) is 5.32 Å². The predicted molar refractivity (Wildman–Crippen MR) is 85.3 cm³/mol. The van der Waals surface area contributed by atoms with Crippen LogP contribution < -0.4 is 10.1 Å². The maximum atomic E-state index is 9.48. The largest absolute Gasteiger partial charge is 0.494 e. The zero-order valence-corrected chi connectivity index (χ0v) is 13.2. The lowest BCUT2D eigenvalue weighted by atomic mass is 9.92. The van der Waals surface area contributed by atoms with Crippen LogP contribution in [0.4, 0.5) is 0 Å². The maximum Gasteiger partial charge on any atom is 0.119 e. The molecule has 1 aliphatic carbocycles. The molecule has 1 aromatic rings. The molecule has 0 aromatic heterocycles. The van der Waals surface area contributed by atoms with Gasteiger partial charge in [-0.2, -0.15) is 5.26 Å². The summed E-state index contributed by atoms with van der Waals surface area (Å²) in [4.78, 5) is 0. The van der Waals surface area contributed by atoms with E-state index in [1.807, 2.05) is 12.1 Å². The summed E-state index contributed by atoms with van der Waals surface area (Å²) in [5, 5.41) is 13.0. The van der Waals surface area contributed by atoms with Crippen LogP contribution in [0.2, 0.25) is 0 Å². The highest BCUT2D eigenvalue weighted by Crippen LogP contribution is 2.26. The fraction of sp³-hybridized carbons (Fsp3) is 0.611. The van der Waals surface area contributed by atoms with E-state index in [0.717, 1.165) is 31.4 Å². The molecule has 0 amide bonds. The van der Waals surface area contributed by atoms with Gasteiger partial charge in [-0.1, -0.05) is 26.0 Å². The second-order valence-corrected chi connectivity index (χ2v) is 5.92. The fourth-order valence-corrected chi connectivity index (χ4v) is 2.56. The van der Waals surface area contributed by atoms with Gasteiger partial charge in [0.25, 0.3) is 0 Å². The fourth-order valence-electron chi connectivity index (χ4n) is 2.56. The first-order valence-corrected chi connectivity index (χ1v) is 8.12. The van der Waals surface area contributed by atoms with Crippen LogP contribution in [0, 0.1) is 11.3 Å². The Labute approximate surface area is 128 Å². The number of benzene rings is 1. The summed E-state index contributed by atoms with van der Waals surface area (Å²) in [6.07, 6.45) is 6.05. The standard InChI is InChI=1S/C18H26N2O/c1-3-15-7-5-8-17(13-15)21-12-6-11-18(4-2,14-19)20-16-9-10-16/h5,7-8,13,16,20H,3-4,6,9-12H2,1-2H3. The highest BCUT2D eigenvalue weighted by molar-refractivity contribution is 5.28. The minimum atomic E-state index is -0.365. The molecule has 1 saturated carbocycles. The predicted octanol–water partition coefficient (Wildman–Crippen LogP) is 3.83. The Bertz CT molecular complexity index is 490. The third kappa shape index (κ3) is 4.75. The number of ether oxygens (including phenoxy) is 1.